The molecule has 2 N–H and O–H groups in total. The summed E-state index contributed by atoms with van der Waals surface area (Å²) < 4.78 is 10.9. The molecule has 4 rings (SSSR count). The lowest BCUT2D eigenvalue weighted by Crippen LogP contribution is -1.99. The van der Waals surface area contributed by atoms with Gasteiger partial charge in [0.25, 0.3) is 0 Å². The minimum absolute atomic E-state index is 0.380. The fourth-order valence-electron chi connectivity index (χ4n) is 3.10. The van der Waals surface area contributed by atoms with Crippen molar-refractivity contribution in [2.24, 2.45) is 0 Å². The van der Waals surface area contributed by atoms with Crippen LogP contribution < -0.4 is 15.2 Å². The van der Waals surface area contributed by atoms with E-state index in [1.54, 1.807) is 14.2 Å². The van der Waals surface area contributed by atoms with E-state index < -0.39 is 0 Å². The van der Waals surface area contributed by atoms with Gasteiger partial charge in [-0.05, 0) is 24.3 Å². The van der Waals surface area contributed by atoms with Gasteiger partial charge in [-0.25, -0.2) is 15.0 Å². The second kappa shape index (κ2) is 6.92. The molecule has 134 valence electrons. The van der Waals surface area contributed by atoms with Crippen molar-refractivity contribution in [3.05, 3.63) is 60.9 Å². The number of methoxy groups -OCH3 is 2. The minimum Gasteiger partial charge on any atom is -0.497 e. The zero-order chi connectivity index (χ0) is 18.8. The van der Waals surface area contributed by atoms with E-state index in [0.717, 1.165) is 33.9 Å². The number of benzene rings is 2. The first kappa shape index (κ1) is 16.8. The van der Waals surface area contributed by atoms with E-state index >= 15 is 0 Å². The summed E-state index contributed by atoms with van der Waals surface area (Å²) in [5, 5.41) is 0.702. The van der Waals surface area contributed by atoms with E-state index in [0.29, 0.717) is 16.9 Å². The third kappa shape index (κ3) is 3.01. The fraction of sp³-hybridized carbons (Fsp3) is 0.0952. The first-order valence-electron chi connectivity index (χ1n) is 8.40. The molecule has 0 aliphatic heterocycles. The molecule has 2 aromatic heterocycles. The number of hydrogen-bond acceptors (Lipinski definition) is 6. The van der Waals surface area contributed by atoms with Gasteiger partial charge >= 0.3 is 0 Å². The van der Waals surface area contributed by atoms with Gasteiger partial charge in [0, 0.05) is 16.7 Å². The maximum Gasteiger partial charge on any atom is 0.165 e. The highest BCUT2D eigenvalue weighted by Crippen LogP contribution is 2.38. The van der Waals surface area contributed by atoms with Crippen molar-refractivity contribution < 1.29 is 9.47 Å². The lowest BCUT2D eigenvalue weighted by molar-refractivity contribution is 0.415. The van der Waals surface area contributed by atoms with Crippen molar-refractivity contribution in [1.29, 1.82) is 0 Å². The fourth-order valence-corrected chi connectivity index (χ4v) is 3.10. The Morgan fingerprint density at radius 2 is 1.70 bits per heavy atom. The Labute approximate surface area is 156 Å². The molecule has 0 aliphatic carbocycles. The number of pyridine rings is 1. The Kier molecular flexibility index (Phi) is 4.30. The van der Waals surface area contributed by atoms with Crippen LogP contribution in [0.4, 0.5) is 5.82 Å². The number of para-hydroxylation sites is 1. The Bertz CT molecular complexity index is 1130. The molecule has 0 amide bonds. The summed E-state index contributed by atoms with van der Waals surface area (Å²) in [6, 6.07) is 17.5. The molecular formula is C21H18N4O2. The van der Waals surface area contributed by atoms with Crippen molar-refractivity contribution in [3.63, 3.8) is 0 Å². The minimum atomic E-state index is 0.380. The molecule has 6 nitrogen and oxygen atoms in total. The van der Waals surface area contributed by atoms with Crippen LogP contribution in [0.1, 0.15) is 0 Å². The number of hydrogen-bond donors (Lipinski definition) is 1. The molecule has 0 fully saturated rings. The molecule has 2 aromatic carbocycles. The highest BCUT2D eigenvalue weighted by Gasteiger charge is 2.16. The quantitative estimate of drug-likeness (QED) is 0.594. The largest absolute Gasteiger partial charge is 0.497 e. The zero-order valence-electron chi connectivity index (χ0n) is 15.0. The van der Waals surface area contributed by atoms with E-state index in [1.165, 1.54) is 6.33 Å². The summed E-state index contributed by atoms with van der Waals surface area (Å²) in [6.07, 6.45) is 1.42. The number of anilines is 1. The summed E-state index contributed by atoms with van der Waals surface area (Å²) in [6.45, 7) is 0. The van der Waals surface area contributed by atoms with Crippen LogP contribution >= 0.6 is 0 Å². The lowest BCUT2D eigenvalue weighted by Gasteiger charge is -2.14. The third-order valence-corrected chi connectivity index (χ3v) is 4.40. The number of aromatic nitrogens is 3. The monoisotopic (exact) mass is 358 g/mol. The van der Waals surface area contributed by atoms with Crippen LogP contribution in [0.15, 0.2) is 60.9 Å². The van der Waals surface area contributed by atoms with Crippen LogP contribution in [0.25, 0.3) is 33.4 Å². The molecular weight excluding hydrogens is 340 g/mol. The van der Waals surface area contributed by atoms with Gasteiger partial charge in [-0.3, -0.25) is 0 Å². The molecule has 0 radical (unpaired) electrons. The molecule has 6 heteroatoms. The maximum atomic E-state index is 6.17. The molecule has 0 saturated carbocycles. The van der Waals surface area contributed by atoms with Gasteiger partial charge in [-0.15, -0.1) is 0 Å². The van der Waals surface area contributed by atoms with Crippen LogP contribution in [0.2, 0.25) is 0 Å². The smallest absolute Gasteiger partial charge is 0.165 e. The standard InChI is InChI=1S/C21H18N4O2/c1-26-14-7-5-6-13(10-14)17-11-16(15-8-3-4-9-18(15)27-2)19-20(22)23-12-24-21(19)25-17/h3-12H,1-2H3,(H2,22,23,24,25). The Morgan fingerprint density at radius 1 is 0.852 bits per heavy atom. The van der Waals surface area contributed by atoms with Gasteiger partial charge in [0.15, 0.2) is 5.65 Å². The number of nitrogens with zero attached hydrogens (tertiary/aromatic N) is 3. The van der Waals surface area contributed by atoms with Crippen molar-refractivity contribution in [1.82, 2.24) is 15.0 Å². The highest BCUT2D eigenvalue weighted by atomic mass is 16.5. The SMILES string of the molecule is COc1cccc(-c2cc(-c3ccccc3OC)c3c(N)ncnc3n2)c1. The van der Waals surface area contributed by atoms with Crippen LogP contribution in [-0.4, -0.2) is 29.2 Å². The van der Waals surface area contributed by atoms with Gasteiger partial charge in [0.2, 0.25) is 0 Å². The third-order valence-electron chi connectivity index (χ3n) is 4.40. The summed E-state index contributed by atoms with van der Waals surface area (Å²) in [4.78, 5) is 13.2. The highest BCUT2D eigenvalue weighted by molar-refractivity contribution is 6.02. The average molecular weight is 358 g/mol. The average Bonchev–Trinajstić information content (AvgIpc) is 2.73. The van der Waals surface area contributed by atoms with Crippen LogP contribution in [0.5, 0.6) is 11.5 Å². The number of nitrogen functional groups attached to an aromatic ring is 1. The lowest BCUT2D eigenvalue weighted by atomic mass is 9.99. The predicted octanol–water partition coefficient (Wildman–Crippen LogP) is 3.96. The van der Waals surface area contributed by atoms with Gasteiger partial charge in [0.1, 0.15) is 23.6 Å². The first-order chi connectivity index (χ1) is 13.2. The van der Waals surface area contributed by atoms with Crippen LogP contribution in [0.3, 0.4) is 0 Å². The Balaban J connectivity index is 2.04. The molecule has 0 unspecified atom stereocenters. The van der Waals surface area contributed by atoms with Crippen molar-refractivity contribution >= 4 is 16.9 Å². The van der Waals surface area contributed by atoms with Crippen LogP contribution in [-0.2, 0) is 0 Å². The molecule has 0 spiro atoms. The van der Waals surface area contributed by atoms with Crippen LogP contribution in [0, 0.1) is 0 Å². The number of ether oxygens (including phenoxy) is 2. The normalized spacial score (nSPS) is 10.7. The van der Waals surface area contributed by atoms with Crippen molar-refractivity contribution in [2.75, 3.05) is 20.0 Å². The molecule has 0 aliphatic rings. The van der Waals surface area contributed by atoms with E-state index in [1.807, 2.05) is 54.6 Å². The molecule has 0 atom stereocenters. The van der Waals surface area contributed by atoms with Crippen molar-refractivity contribution in [2.45, 2.75) is 0 Å². The predicted molar refractivity (Wildman–Crippen MR) is 106 cm³/mol. The summed E-state index contributed by atoms with van der Waals surface area (Å²) in [7, 11) is 3.28. The second-order valence-corrected chi connectivity index (χ2v) is 5.94. The molecule has 27 heavy (non-hydrogen) atoms. The summed E-state index contributed by atoms with van der Waals surface area (Å²) in [5.74, 6) is 1.88. The van der Waals surface area contributed by atoms with Gasteiger partial charge in [-0.1, -0.05) is 30.3 Å². The maximum absolute atomic E-state index is 6.17. The van der Waals surface area contributed by atoms with Gasteiger partial charge in [-0.2, -0.15) is 0 Å². The summed E-state index contributed by atoms with van der Waals surface area (Å²) >= 11 is 0. The summed E-state index contributed by atoms with van der Waals surface area (Å²) in [5.41, 5.74) is 10.2. The van der Waals surface area contributed by atoms with Gasteiger partial charge in [0.05, 0.1) is 25.3 Å². The Morgan fingerprint density at radius 3 is 2.52 bits per heavy atom. The molecule has 2 heterocycles. The first-order valence-corrected chi connectivity index (χ1v) is 8.40. The van der Waals surface area contributed by atoms with E-state index in [4.69, 9.17) is 20.2 Å². The van der Waals surface area contributed by atoms with E-state index in [9.17, 15) is 0 Å². The van der Waals surface area contributed by atoms with Crippen molar-refractivity contribution in [3.8, 4) is 33.9 Å². The topological polar surface area (TPSA) is 83.2 Å². The molecule has 4 aromatic rings. The number of fused-ring (bicyclic) bond motifs is 1. The number of nitrogens with two attached hydrogens (primary N) is 1. The van der Waals surface area contributed by atoms with Gasteiger partial charge < -0.3 is 15.2 Å². The Hall–Kier alpha value is -3.67. The second-order valence-electron chi connectivity index (χ2n) is 5.94. The molecule has 0 bridgehead atoms. The zero-order valence-corrected chi connectivity index (χ0v) is 15.0. The van der Waals surface area contributed by atoms with E-state index in [-0.39, 0.29) is 0 Å². The van der Waals surface area contributed by atoms with E-state index in [2.05, 4.69) is 9.97 Å². The molecule has 0 saturated heterocycles. The number of rotatable bonds is 4.